The van der Waals surface area contributed by atoms with Gasteiger partial charge in [-0.25, -0.2) is 0 Å². The number of para-hydroxylation sites is 1. The maximum atomic E-state index is 13.7. The summed E-state index contributed by atoms with van der Waals surface area (Å²) in [5, 5.41) is -0.0623. The van der Waals surface area contributed by atoms with Gasteiger partial charge < -0.3 is 13.9 Å². The molecule has 0 spiro atoms. The number of fused-ring (bicyclic) bond motifs is 1. The lowest BCUT2D eigenvalue weighted by molar-refractivity contribution is -0.154. The largest absolute Gasteiger partial charge is 0.489 e. The maximum Gasteiger partial charge on any atom is 0.453 e. The van der Waals surface area contributed by atoms with Gasteiger partial charge >= 0.3 is 6.18 Å². The molecule has 0 bridgehead atoms. The summed E-state index contributed by atoms with van der Waals surface area (Å²) in [5.74, 6) is -2.14. The number of benzene rings is 3. The van der Waals surface area contributed by atoms with Crippen molar-refractivity contribution in [3.05, 3.63) is 105 Å². The van der Waals surface area contributed by atoms with E-state index < -0.39 is 23.1 Å². The van der Waals surface area contributed by atoms with Gasteiger partial charge in [0, 0.05) is 6.07 Å². The van der Waals surface area contributed by atoms with Crippen molar-refractivity contribution in [2.45, 2.75) is 12.8 Å². The van der Waals surface area contributed by atoms with Crippen LogP contribution in [0.15, 0.2) is 87.0 Å². The first-order chi connectivity index (χ1) is 15.8. The molecule has 3 aromatic carbocycles. The Labute approximate surface area is 195 Å². The van der Waals surface area contributed by atoms with Crippen molar-refractivity contribution in [2.24, 2.45) is 0 Å². The van der Waals surface area contributed by atoms with Crippen LogP contribution in [0.3, 0.4) is 0 Å². The second kappa shape index (κ2) is 9.15. The van der Waals surface area contributed by atoms with E-state index >= 15 is 0 Å². The molecule has 33 heavy (non-hydrogen) atoms. The molecular weight excluding hydrogens is 501 g/mol. The zero-order valence-corrected chi connectivity index (χ0v) is 18.6. The van der Waals surface area contributed by atoms with Crippen LogP contribution in [0.2, 0.25) is 0 Å². The predicted molar refractivity (Wildman–Crippen MR) is 123 cm³/mol. The van der Waals surface area contributed by atoms with Gasteiger partial charge in [-0.1, -0.05) is 49.1 Å². The zero-order valence-electron chi connectivity index (χ0n) is 17.0. The van der Waals surface area contributed by atoms with Crippen LogP contribution in [0.25, 0.3) is 17.0 Å². The van der Waals surface area contributed by atoms with Crippen molar-refractivity contribution < 1.29 is 27.1 Å². The number of ether oxygens (including phenoxy) is 2. The highest BCUT2D eigenvalue weighted by atomic mass is 79.9. The van der Waals surface area contributed by atoms with Crippen LogP contribution in [0.4, 0.5) is 13.2 Å². The van der Waals surface area contributed by atoms with Gasteiger partial charge in [0.1, 0.15) is 23.7 Å². The van der Waals surface area contributed by atoms with E-state index in [1.807, 2.05) is 24.3 Å². The molecule has 0 aliphatic heterocycles. The fraction of sp³-hybridized carbons (Fsp3) is 0.0800. The second-order valence-electron chi connectivity index (χ2n) is 7.01. The molecule has 8 heteroatoms. The van der Waals surface area contributed by atoms with Crippen molar-refractivity contribution in [1.29, 1.82) is 0 Å². The number of hydrogen-bond acceptors (Lipinski definition) is 4. The Bertz CT molecular complexity index is 1380. The molecule has 0 fully saturated rings. The van der Waals surface area contributed by atoms with Crippen LogP contribution in [0.5, 0.6) is 17.2 Å². The first-order valence-corrected chi connectivity index (χ1v) is 10.5. The van der Waals surface area contributed by atoms with Crippen molar-refractivity contribution in [3.63, 3.8) is 0 Å². The lowest BCUT2D eigenvalue weighted by Gasteiger charge is -2.14. The Kier molecular flexibility index (Phi) is 6.29. The van der Waals surface area contributed by atoms with Gasteiger partial charge in [0.2, 0.25) is 11.2 Å². The third kappa shape index (κ3) is 4.96. The predicted octanol–water partition coefficient (Wildman–Crippen LogP) is 7.59. The Morgan fingerprint density at radius 1 is 1.03 bits per heavy atom. The van der Waals surface area contributed by atoms with E-state index in [9.17, 15) is 18.0 Å². The number of halogens is 4. The van der Waals surface area contributed by atoms with E-state index in [-0.39, 0.29) is 29.1 Å². The first-order valence-electron chi connectivity index (χ1n) is 9.71. The summed E-state index contributed by atoms with van der Waals surface area (Å²) < 4.78 is 57.7. The fourth-order valence-electron chi connectivity index (χ4n) is 3.08. The molecule has 4 aromatic rings. The Hall–Kier alpha value is -3.52. The lowest BCUT2D eigenvalue weighted by Crippen LogP contribution is -2.15. The highest BCUT2D eigenvalue weighted by Crippen LogP contribution is 2.39. The molecule has 1 aromatic heterocycles. The van der Waals surface area contributed by atoms with Gasteiger partial charge in [-0.05, 0) is 51.3 Å². The summed E-state index contributed by atoms with van der Waals surface area (Å²) in [4.78, 5) is 12.9. The van der Waals surface area contributed by atoms with Gasteiger partial charge in [0.15, 0.2) is 0 Å². The Morgan fingerprint density at radius 2 is 1.76 bits per heavy atom. The van der Waals surface area contributed by atoms with Gasteiger partial charge in [-0.15, -0.1) is 0 Å². The summed E-state index contributed by atoms with van der Waals surface area (Å²) in [5.41, 5.74) is 0.610. The standard InChI is InChI=1S/C25H16BrF3O4/c1-2-15-7-9-16(10-8-15)14-31-17-11-12-18-21(13-17)33-24(25(27,28)29)23(22(18)30)32-20-6-4-3-5-19(20)26/h2-13H,1,14H2. The normalized spacial score (nSPS) is 11.4. The Morgan fingerprint density at radius 3 is 2.42 bits per heavy atom. The molecule has 0 saturated carbocycles. The fourth-order valence-corrected chi connectivity index (χ4v) is 3.45. The van der Waals surface area contributed by atoms with Crippen LogP contribution >= 0.6 is 15.9 Å². The SMILES string of the molecule is C=Cc1ccc(COc2ccc3c(=O)c(Oc4ccccc4Br)c(C(F)(F)F)oc3c2)cc1. The highest BCUT2D eigenvalue weighted by molar-refractivity contribution is 9.10. The third-order valence-electron chi connectivity index (χ3n) is 4.75. The summed E-state index contributed by atoms with van der Waals surface area (Å²) in [6.45, 7) is 3.87. The van der Waals surface area contributed by atoms with Crippen LogP contribution in [-0.2, 0) is 12.8 Å². The average Bonchev–Trinajstić information content (AvgIpc) is 2.80. The van der Waals surface area contributed by atoms with Crippen LogP contribution in [0.1, 0.15) is 16.9 Å². The minimum Gasteiger partial charge on any atom is -0.489 e. The summed E-state index contributed by atoms with van der Waals surface area (Å²) in [6, 6.07) is 17.8. The number of alkyl halides is 3. The number of hydrogen-bond donors (Lipinski definition) is 0. The molecule has 0 amide bonds. The van der Waals surface area contributed by atoms with E-state index in [0.29, 0.717) is 4.47 Å². The smallest absolute Gasteiger partial charge is 0.453 e. The van der Waals surface area contributed by atoms with Gasteiger partial charge in [0.05, 0.1) is 9.86 Å². The van der Waals surface area contributed by atoms with Crippen molar-refractivity contribution >= 4 is 33.0 Å². The quantitative estimate of drug-likeness (QED) is 0.265. The monoisotopic (exact) mass is 516 g/mol. The molecule has 168 valence electrons. The zero-order chi connectivity index (χ0) is 23.6. The van der Waals surface area contributed by atoms with E-state index in [1.54, 1.807) is 24.3 Å². The van der Waals surface area contributed by atoms with E-state index in [4.69, 9.17) is 13.9 Å². The first kappa shape index (κ1) is 22.7. The van der Waals surface area contributed by atoms with Gasteiger partial charge in [0.25, 0.3) is 5.76 Å². The molecule has 0 aliphatic carbocycles. The molecule has 1 heterocycles. The van der Waals surface area contributed by atoms with Crippen LogP contribution < -0.4 is 14.9 Å². The maximum absolute atomic E-state index is 13.7. The van der Waals surface area contributed by atoms with Gasteiger partial charge in [-0.2, -0.15) is 13.2 Å². The number of rotatable bonds is 6. The summed E-state index contributed by atoms with van der Waals surface area (Å²) in [7, 11) is 0. The Balaban J connectivity index is 1.70. The summed E-state index contributed by atoms with van der Waals surface area (Å²) in [6.07, 6.45) is -3.24. The molecule has 0 atom stereocenters. The minimum absolute atomic E-state index is 0.0528. The van der Waals surface area contributed by atoms with Crippen LogP contribution in [0, 0.1) is 0 Å². The lowest BCUT2D eigenvalue weighted by atomic mass is 10.1. The molecular formula is C25H16BrF3O4. The molecule has 0 aliphatic rings. The molecule has 4 rings (SSSR count). The van der Waals surface area contributed by atoms with E-state index in [2.05, 4.69) is 22.5 Å². The van der Waals surface area contributed by atoms with Gasteiger partial charge in [-0.3, -0.25) is 4.79 Å². The average molecular weight is 517 g/mol. The molecule has 4 nitrogen and oxygen atoms in total. The van der Waals surface area contributed by atoms with Crippen LogP contribution in [-0.4, -0.2) is 0 Å². The topological polar surface area (TPSA) is 48.7 Å². The molecule has 0 radical (unpaired) electrons. The van der Waals surface area contributed by atoms with Crippen molar-refractivity contribution in [3.8, 4) is 17.2 Å². The van der Waals surface area contributed by atoms with Crippen molar-refractivity contribution in [2.75, 3.05) is 0 Å². The highest BCUT2D eigenvalue weighted by Gasteiger charge is 2.40. The molecule has 0 unspecified atom stereocenters. The minimum atomic E-state index is -4.95. The van der Waals surface area contributed by atoms with E-state index in [1.165, 1.54) is 24.3 Å². The molecule has 0 saturated heterocycles. The van der Waals surface area contributed by atoms with E-state index in [0.717, 1.165) is 11.1 Å². The second-order valence-corrected chi connectivity index (χ2v) is 7.87. The molecule has 0 N–H and O–H groups in total. The van der Waals surface area contributed by atoms with Crippen molar-refractivity contribution in [1.82, 2.24) is 0 Å². The third-order valence-corrected chi connectivity index (χ3v) is 5.40. The summed E-state index contributed by atoms with van der Waals surface area (Å²) >= 11 is 3.20.